The molecule has 88 heavy (non-hydrogen) atoms. The van der Waals surface area contributed by atoms with E-state index >= 15 is 0 Å². The molecular weight excluding hydrogens is 1060 g/mol. The number of hydrogen-bond donors (Lipinski definition) is 0. The normalized spacial score (nSPS) is 12.5. The van der Waals surface area contributed by atoms with Crippen LogP contribution in [0, 0.1) is 0 Å². The van der Waals surface area contributed by atoms with Crippen LogP contribution in [-0.2, 0) is 0 Å². The van der Waals surface area contributed by atoms with Crippen molar-refractivity contribution in [1.82, 2.24) is 0 Å². The zero-order valence-corrected chi connectivity index (χ0v) is 47.7. The first kappa shape index (κ1) is 46.9. The van der Waals surface area contributed by atoms with Gasteiger partial charge in [-0.25, -0.2) is 0 Å². The predicted octanol–water partition coefficient (Wildman–Crippen LogP) is 25.0. The van der Waals surface area contributed by atoms with E-state index in [1.54, 1.807) is 0 Å². The van der Waals surface area contributed by atoms with Gasteiger partial charge in [0.1, 0.15) is 0 Å². The van der Waals surface area contributed by atoms with Crippen molar-refractivity contribution in [3.63, 3.8) is 0 Å². The van der Waals surface area contributed by atoms with Gasteiger partial charge in [0.05, 0.1) is 0 Å². The topological polar surface area (TPSA) is 0 Å². The molecule has 0 aliphatic heterocycles. The lowest BCUT2D eigenvalue weighted by Gasteiger charge is -2.21. The predicted molar refractivity (Wildman–Crippen MR) is 380 cm³/mol. The summed E-state index contributed by atoms with van der Waals surface area (Å²) >= 11 is 0. The van der Waals surface area contributed by atoms with Gasteiger partial charge in [0.2, 0.25) is 0 Å². The molecular formula is C88H48. The smallest absolute Gasteiger partial charge is 0.000696 e. The first-order valence-electron chi connectivity index (χ1n) is 30.9. The average molecular weight is 1110 g/mol. The fourth-order valence-electron chi connectivity index (χ4n) is 17.4. The molecule has 0 fully saturated rings. The molecule has 0 bridgehead atoms. The first-order chi connectivity index (χ1) is 43.8. The van der Waals surface area contributed by atoms with Gasteiger partial charge < -0.3 is 0 Å². The standard InChI is InChI=1S/C88H48/c1-7-23-49(24-8-1)65-47-67-77-63(83-71(53-27-11-3-12-28-53)79-57-39-19-35-51-37-21-41-59(69(51)57)81(79)73(87(67)83)55-31-15-5-16-32-55)46-44-62-76-66(50-25-9-2-10-26-50)48-68-78-64(45-43-61(86(76)78)75(65)85(62)77)84-72(54-29-13-4-14-30-54)80-58-40-20-36-52-38-22-42-60(70(52)58)82(80)74(88(68)84)56-33-17-6-18-34-56/h1-48H. The van der Waals surface area contributed by atoms with E-state index < -0.39 is 0 Å². The Labute approximate surface area is 505 Å². The minimum absolute atomic E-state index is 1.21. The Morgan fingerprint density at radius 2 is 0.352 bits per heavy atom. The van der Waals surface area contributed by atoms with Crippen LogP contribution >= 0.6 is 0 Å². The van der Waals surface area contributed by atoms with E-state index in [9.17, 15) is 0 Å². The third-order valence-corrected chi connectivity index (χ3v) is 20.5. The molecule has 21 rings (SSSR count). The lowest BCUT2D eigenvalue weighted by atomic mass is 9.81. The molecule has 0 spiro atoms. The molecule has 0 unspecified atom stereocenters. The van der Waals surface area contributed by atoms with Gasteiger partial charge in [0, 0.05) is 0 Å². The second-order valence-corrected chi connectivity index (χ2v) is 24.6. The van der Waals surface area contributed by atoms with Crippen LogP contribution in [-0.4, -0.2) is 0 Å². The monoisotopic (exact) mass is 1100 g/mol. The Balaban J connectivity index is 1.04. The Bertz CT molecular complexity index is 6040. The zero-order chi connectivity index (χ0) is 57.0. The van der Waals surface area contributed by atoms with Gasteiger partial charge in [0.25, 0.3) is 0 Å². The Hall–Kier alpha value is -11.4. The van der Waals surface area contributed by atoms with Crippen molar-refractivity contribution in [2.45, 2.75) is 0 Å². The van der Waals surface area contributed by atoms with E-state index in [1.165, 1.54) is 218 Å². The van der Waals surface area contributed by atoms with Gasteiger partial charge in [-0.1, -0.05) is 279 Å². The molecule has 21 aromatic carbocycles. The second kappa shape index (κ2) is 17.1. The second-order valence-electron chi connectivity index (χ2n) is 24.6. The van der Waals surface area contributed by atoms with Crippen molar-refractivity contribution in [2.75, 3.05) is 0 Å². The van der Waals surface area contributed by atoms with E-state index in [0.29, 0.717) is 0 Å². The van der Waals surface area contributed by atoms with Crippen molar-refractivity contribution in [3.8, 4) is 66.8 Å². The highest BCUT2D eigenvalue weighted by Crippen LogP contribution is 2.62. The molecule has 21 aromatic rings. The lowest BCUT2D eigenvalue weighted by Crippen LogP contribution is -1.93. The molecule has 0 saturated carbocycles. The molecule has 400 valence electrons. The summed E-state index contributed by atoms with van der Waals surface area (Å²) in [5, 5.41) is 36.7. The van der Waals surface area contributed by atoms with Crippen molar-refractivity contribution < 1.29 is 0 Å². The van der Waals surface area contributed by atoms with Gasteiger partial charge in [-0.05, 0) is 230 Å². The maximum atomic E-state index is 2.62. The number of fused-ring (bicyclic) bond motifs is 14. The van der Waals surface area contributed by atoms with Crippen LogP contribution in [0.1, 0.15) is 0 Å². The van der Waals surface area contributed by atoms with E-state index in [1.807, 2.05) is 0 Å². The van der Waals surface area contributed by atoms with Crippen molar-refractivity contribution in [2.24, 2.45) is 0 Å². The van der Waals surface area contributed by atoms with Gasteiger partial charge in [-0.15, -0.1) is 0 Å². The SMILES string of the molecule is c1ccc(-c2c3c4cccc5cccc(c3c(-c3ccccc3)c3c6cc(-c7ccccc7)c7c8ccc9c%10c(-c%11ccccc%11)c%11c%12cccc%13cccc(c%11c(-c%11ccccc%11)c%10c%10cc(-c%11ccccc%11)c(c%11ccc(c23)c6c%117)c8c9%10)c%13%12)c54)cc1. The molecule has 0 atom stereocenters. The van der Waals surface area contributed by atoms with Crippen molar-refractivity contribution >= 4 is 151 Å². The molecule has 0 N–H and O–H groups in total. The fraction of sp³-hybridized carbons (Fsp3) is 0. The summed E-state index contributed by atoms with van der Waals surface area (Å²) in [4.78, 5) is 0. The van der Waals surface area contributed by atoms with Gasteiger partial charge in [-0.3, -0.25) is 0 Å². The van der Waals surface area contributed by atoms with Crippen LogP contribution in [0.4, 0.5) is 0 Å². The largest absolute Gasteiger partial charge is 0.0622 e. The van der Waals surface area contributed by atoms with Crippen LogP contribution in [0.3, 0.4) is 0 Å². The highest BCUT2D eigenvalue weighted by molar-refractivity contribution is 6.54. The van der Waals surface area contributed by atoms with E-state index in [0.717, 1.165) is 0 Å². The average Bonchev–Trinajstić information content (AvgIpc) is 1.48. The number of rotatable bonds is 6. The maximum absolute atomic E-state index is 2.62. The highest BCUT2D eigenvalue weighted by atomic mass is 14.4. The van der Waals surface area contributed by atoms with Gasteiger partial charge >= 0.3 is 0 Å². The summed E-state index contributed by atoms with van der Waals surface area (Å²) in [6, 6.07) is 111. The summed E-state index contributed by atoms with van der Waals surface area (Å²) < 4.78 is 0. The molecule has 0 aromatic heterocycles. The van der Waals surface area contributed by atoms with Crippen LogP contribution in [0.5, 0.6) is 0 Å². The van der Waals surface area contributed by atoms with Gasteiger partial charge in [0.15, 0.2) is 0 Å². The molecule has 0 radical (unpaired) electrons. The summed E-state index contributed by atoms with van der Waals surface area (Å²) in [7, 11) is 0. The molecule has 0 saturated heterocycles. The summed E-state index contributed by atoms with van der Waals surface area (Å²) in [5.41, 5.74) is 15.1. The summed E-state index contributed by atoms with van der Waals surface area (Å²) in [6.45, 7) is 0. The zero-order valence-electron chi connectivity index (χ0n) is 47.7. The third-order valence-electron chi connectivity index (χ3n) is 20.5. The molecule has 0 heterocycles. The minimum Gasteiger partial charge on any atom is -0.0622 e. The van der Waals surface area contributed by atoms with Crippen molar-refractivity contribution in [3.05, 3.63) is 291 Å². The Morgan fingerprint density at radius 1 is 0.125 bits per heavy atom. The Kier molecular flexibility index (Phi) is 9.13. The number of benzene rings is 17. The highest BCUT2D eigenvalue weighted by Gasteiger charge is 2.33. The Morgan fingerprint density at radius 3 is 0.625 bits per heavy atom. The van der Waals surface area contributed by atoms with Crippen molar-refractivity contribution in [1.29, 1.82) is 0 Å². The third kappa shape index (κ3) is 5.85. The summed E-state index contributed by atoms with van der Waals surface area (Å²) in [5.74, 6) is 0. The number of hydrogen-bond acceptors (Lipinski definition) is 0. The summed E-state index contributed by atoms with van der Waals surface area (Å²) in [6.07, 6.45) is 0. The van der Waals surface area contributed by atoms with Gasteiger partial charge in [-0.2, -0.15) is 0 Å². The first-order valence-corrected chi connectivity index (χ1v) is 30.9. The van der Waals surface area contributed by atoms with Crippen LogP contribution in [0.2, 0.25) is 0 Å². The molecule has 0 heteroatoms. The molecule has 0 amide bonds. The van der Waals surface area contributed by atoms with E-state index in [2.05, 4.69) is 291 Å². The molecule has 0 aliphatic rings. The maximum Gasteiger partial charge on any atom is -0.000696 e. The van der Waals surface area contributed by atoms with Crippen LogP contribution in [0.25, 0.3) is 218 Å². The van der Waals surface area contributed by atoms with E-state index in [4.69, 9.17) is 0 Å². The van der Waals surface area contributed by atoms with E-state index in [-0.39, 0.29) is 0 Å². The quantitative estimate of drug-likeness (QED) is 0.115. The van der Waals surface area contributed by atoms with Crippen LogP contribution in [0.15, 0.2) is 291 Å². The minimum atomic E-state index is 1.21. The fourth-order valence-corrected chi connectivity index (χ4v) is 17.4. The lowest BCUT2D eigenvalue weighted by molar-refractivity contribution is 1.67. The molecule has 0 aliphatic carbocycles. The molecule has 0 nitrogen and oxygen atoms in total. The van der Waals surface area contributed by atoms with Crippen LogP contribution < -0.4 is 0 Å².